The van der Waals surface area contributed by atoms with E-state index in [0.717, 1.165) is 17.4 Å². The third-order valence-electron chi connectivity index (χ3n) is 2.51. The van der Waals surface area contributed by atoms with Crippen LogP contribution in [0.5, 0.6) is 0 Å². The number of carbonyl (C=O) groups excluding carboxylic acids is 1. The van der Waals surface area contributed by atoms with Crippen LogP contribution in [-0.4, -0.2) is 33.8 Å². The van der Waals surface area contributed by atoms with Crippen molar-refractivity contribution in [3.8, 4) is 0 Å². The number of carbonyl (C=O) groups is 1. The summed E-state index contributed by atoms with van der Waals surface area (Å²) < 4.78 is 0.780. The highest BCUT2D eigenvalue weighted by Gasteiger charge is 2.10. The molecule has 0 aromatic heterocycles. The first-order valence-electron chi connectivity index (χ1n) is 5.79. The van der Waals surface area contributed by atoms with Gasteiger partial charge in [-0.25, -0.2) is 0 Å². The number of hydrogen-bond donors (Lipinski definition) is 0. The van der Waals surface area contributed by atoms with Crippen LogP contribution < -0.4 is 0 Å². The molecule has 0 bridgehead atoms. The quantitative estimate of drug-likeness (QED) is 0.607. The van der Waals surface area contributed by atoms with Gasteiger partial charge in [0.2, 0.25) is 0 Å². The topological polar surface area (TPSA) is 20.3 Å². The van der Waals surface area contributed by atoms with E-state index in [1.165, 1.54) is 11.8 Å². The molecule has 0 spiro atoms. The van der Waals surface area contributed by atoms with Crippen LogP contribution in [0.4, 0.5) is 0 Å². The fourth-order valence-electron chi connectivity index (χ4n) is 1.42. The first-order valence-corrected chi connectivity index (χ1v) is 7.56. The molecule has 1 rings (SSSR count). The minimum absolute atomic E-state index is 0.0752. The zero-order chi connectivity index (χ0) is 13.5. The number of rotatable bonds is 5. The predicted molar refractivity (Wildman–Crippen MR) is 83.8 cm³/mol. The van der Waals surface area contributed by atoms with E-state index in [1.54, 1.807) is 24.3 Å². The van der Waals surface area contributed by atoms with Crippen LogP contribution in [0.1, 0.15) is 24.2 Å². The molecular formula is C13H16ClNOS2. The van der Waals surface area contributed by atoms with Gasteiger partial charge in [0.1, 0.15) is 4.32 Å². The molecule has 1 aromatic rings. The van der Waals surface area contributed by atoms with Crippen LogP contribution in [0.15, 0.2) is 24.3 Å². The van der Waals surface area contributed by atoms with E-state index in [-0.39, 0.29) is 5.78 Å². The van der Waals surface area contributed by atoms with Gasteiger partial charge in [0, 0.05) is 23.7 Å². The molecule has 5 heteroatoms. The van der Waals surface area contributed by atoms with Gasteiger partial charge in [0.05, 0.1) is 5.75 Å². The Balaban J connectivity index is 2.51. The number of nitrogens with zero attached hydrogens (tertiary/aromatic N) is 1. The summed E-state index contributed by atoms with van der Waals surface area (Å²) in [5.41, 5.74) is 0.675. The summed E-state index contributed by atoms with van der Waals surface area (Å²) in [5, 5.41) is 0.637. The Kier molecular flexibility index (Phi) is 6.68. The lowest BCUT2D eigenvalue weighted by atomic mass is 10.1. The van der Waals surface area contributed by atoms with Crippen LogP contribution >= 0.6 is 35.6 Å². The Morgan fingerprint density at radius 2 is 1.83 bits per heavy atom. The van der Waals surface area contributed by atoms with E-state index < -0.39 is 0 Å². The van der Waals surface area contributed by atoms with Crippen molar-refractivity contribution in [1.29, 1.82) is 0 Å². The Bertz CT molecular complexity index is 416. The summed E-state index contributed by atoms with van der Waals surface area (Å²) in [6, 6.07) is 6.93. The number of ketones is 1. The van der Waals surface area contributed by atoms with Crippen LogP contribution in [0.2, 0.25) is 5.02 Å². The fourth-order valence-corrected chi connectivity index (χ4v) is 2.84. The van der Waals surface area contributed by atoms with Gasteiger partial charge < -0.3 is 4.90 Å². The van der Waals surface area contributed by atoms with Crippen LogP contribution in [0.25, 0.3) is 0 Å². The molecule has 0 saturated heterocycles. The van der Waals surface area contributed by atoms with Crippen LogP contribution in [0.3, 0.4) is 0 Å². The maximum atomic E-state index is 11.9. The van der Waals surface area contributed by atoms with Crippen LogP contribution in [-0.2, 0) is 0 Å². The molecule has 0 saturated carbocycles. The second kappa shape index (κ2) is 7.77. The van der Waals surface area contributed by atoms with Crippen molar-refractivity contribution in [3.05, 3.63) is 34.9 Å². The van der Waals surface area contributed by atoms with E-state index in [4.69, 9.17) is 23.8 Å². The minimum atomic E-state index is 0.0752. The molecule has 2 nitrogen and oxygen atoms in total. The van der Waals surface area contributed by atoms with Gasteiger partial charge in [-0.3, -0.25) is 4.79 Å². The summed E-state index contributed by atoms with van der Waals surface area (Å²) in [6.45, 7) is 5.85. The third-order valence-corrected chi connectivity index (χ3v) is 4.29. The number of hydrogen-bond acceptors (Lipinski definition) is 3. The van der Waals surface area contributed by atoms with E-state index in [9.17, 15) is 4.79 Å². The Morgan fingerprint density at radius 1 is 1.28 bits per heavy atom. The Hall–Kier alpha value is -0.580. The summed E-state index contributed by atoms with van der Waals surface area (Å²) in [5.74, 6) is 0.447. The van der Waals surface area contributed by atoms with Gasteiger partial charge in [-0.05, 0) is 38.1 Å². The van der Waals surface area contributed by atoms with Gasteiger partial charge in [-0.15, -0.1) is 0 Å². The standard InChI is InChI=1S/C13H16ClNOS2/c1-3-15(4-2)13(17)18-9-12(16)10-5-7-11(14)8-6-10/h5-8H,3-4,9H2,1-2H3. The van der Waals surface area contributed by atoms with Crippen molar-refractivity contribution < 1.29 is 4.79 Å². The van der Waals surface area contributed by atoms with Gasteiger partial charge >= 0.3 is 0 Å². The molecule has 0 radical (unpaired) electrons. The molecule has 18 heavy (non-hydrogen) atoms. The normalized spacial score (nSPS) is 10.2. The molecule has 0 N–H and O–H groups in total. The predicted octanol–water partition coefficient (Wildman–Crippen LogP) is 3.88. The van der Waals surface area contributed by atoms with Crippen LogP contribution in [0, 0.1) is 0 Å². The average molecular weight is 302 g/mol. The number of benzene rings is 1. The molecule has 0 fully saturated rings. The average Bonchev–Trinajstić information content (AvgIpc) is 2.38. The molecule has 0 atom stereocenters. The monoisotopic (exact) mass is 301 g/mol. The number of halogens is 1. The molecule has 0 heterocycles. The second-order valence-electron chi connectivity index (χ2n) is 3.66. The molecule has 0 aliphatic carbocycles. The highest BCUT2D eigenvalue weighted by Crippen LogP contribution is 2.14. The summed E-state index contributed by atoms with van der Waals surface area (Å²) >= 11 is 12.5. The molecule has 98 valence electrons. The first-order chi connectivity index (χ1) is 8.58. The summed E-state index contributed by atoms with van der Waals surface area (Å²) in [7, 11) is 0. The molecule has 0 amide bonds. The lowest BCUT2D eigenvalue weighted by Crippen LogP contribution is -2.27. The van der Waals surface area contributed by atoms with E-state index in [1.807, 2.05) is 0 Å². The second-order valence-corrected chi connectivity index (χ2v) is 5.70. The number of thiocarbonyl (C=S) groups is 1. The molecule has 1 aromatic carbocycles. The highest BCUT2D eigenvalue weighted by molar-refractivity contribution is 8.23. The molecular weight excluding hydrogens is 286 g/mol. The van der Waals surface area contributed by atoms with Gasteiger partial charge in [0.25, 0.3) is 0 Å². The summed E-state index contributed by atoms with van der Waals surface area (Å²) in [6.07, 6.45) is 0. The largest absolute Gasteiger partial charge is 0.358 e. The van der Waals surface area contributed by atoms with Crippen molar-refractivity contribution in [2.24, 2.45) is 0 Å². The van der Waals surface area contributed by atoms with Crippen molar-refractivity contribution in [2.75, 3.05) is 18.8 Å². The lowest BCUT2D eigenvalue weighted by Gasteiger charge is -2.20. The number of Topliss-reactive ketones (excluding diaryl/α,β-unsaturated/α-hetero) is 1. The molecule has 0 aliphatic heterocycles. The minimum Gasteiger partial charge on any atom is -0.358 e. The van der Waals surface area contributed by atoms with Crippen molar-refractivity contribution >= 4 is 45.7 Å². The Morgan fingerprint density at radius 3 is 2.33 bits per heavy atom. The van der Waals surface area contributed by atoms with E-state index in [2.05, 4.69) is 18.7 Å². The first kappa shape index (κ1) is 15.5. The fraction of sp³-hybridized carbons (Fsp3) is 0.385. The van der Waals surface area contributed by atoms with E-state index in [0.29, 0.717) is 16.3 Å². The van der Waals surface area contributed by atoms with Crippen molar-refractivity contribution in [3.63, 3.8) is 0 Å². The van der Waals surface area contributed by atoms with Crippen molar-refractivity contribution in [2.45, 2.75) is 13.8 Å². The smallest absolute Gasteiger partial charge is 0.173 e. The highest BCUT2D eigenvalue weighted by atomic mass is 35.5. The molecule has 0 aliphatic rings. The van der Waals surface area contributed by atoms with E-state index >= 15 is 0 Å². The van der Waals surface area contributed by atoms with Gasteiger partial charge in [-0.1, -0.05) is 35.6 Å². The Labute approximate surface area is 123 Å². The van der Waals surface area contributed by atoms with Crippen molar-refractivity contribution in [1.82, 2.24) is 4.90 Å². The van der Waals surface area contributed by atoms with Gasteiger partial charge in [-0.2, -0.15) is 0 Å². The zero-order valence-corrected chi connectivity index (χ0v) is 12.9. The molecule has 0 unspecified atom stereocenters. The maximum absolute atomic E-state index is 11.9. The third kappa shape index (κ3) is 4.59. The lowest BCUT2D eigenvalue weighted by molar-refractivity contribution is 0.102. The zero-order valence-electron chi connectivity index (χ0n) is 10.5. The summed E-state index contributed by atoms with van der Waals surface area (Å²) in [4.78, 5) is 14.0. The van der Waals surface area contributed by atoms with Gasteiger partial charge in [0.15, 0.2) is 5.78 Å². The maximum Gasteiger partial charge on any atom is 0.173 e. The number of thioether (sulfide) groups is 1. The SMILES string of the molecule is CCN(CC)C(=S)SCC(=O)c1ccc(Cl)cc1.